The molecule has 5 heteroatoms. The normalized spacial score (nSPS) is 26.1. The number of fused-ring (bicyclic) bond motifs is 1. The first-order valence-electron chi connectivity index (χ1n) is 8.52. The zero-order valence-corrected chi connectivity index (χ0v) is 13.7. The van der Waals surface area contributed by atoms with Gasteiger partial charge in [-0.3, -0.25) is 0 Å². The van der Waals surface area contributed by atoms with Gasteiger partial charge in [-0.2, -0.15) is 0 Å². The first kappa shape index (κ1) is 15.4. The van der Waals surface area contributed by atoms with Crippen LogP contribution in [0.1, 0.15) is 48.6 Å². The molecule has 1 saturated carbocycles. The molecule has 0 amide bonds. The molecule has 0 saturated heterocycles. The highest BCUT2D eigenvalue weighted by Gasteiger charge is 2.38. The summed E-state index contributed by atoms with van der Waals surface area (Å²) in [6.07, 6.45) is 7.47. The Hall–Kier alpha value is -2.14. The number of nitrogens with zero attached hydrogens (tertiary/aromatic N) is 3. The van der Waals surface area contributed by atoms with Crippen LogP contribution in [0.4, 0.5) is 10.2 Å². The van der Waals surface area contributed by atoms with Crippen LogP contribution >= 0.6 is 0 Å². The number of hydrogen-bond donors (Lipinski definition) is 1. The van der Waals surface area contributed by atoms with E-state index in [9.17, 15) is 9.50 Å². The molecule has 0 bridgehead atoms. The molecule has 1 aliphatic carbocycles. The lowest BCUT2D eigenvalue weighted by Gasteiger charge is -2.24. The van der Waals surface area contributed by atoms with E-state index in [0.29, 0.717) is 6.04 Å². The van der Waals surface area contributed by atoms with E-state index in [1.807, 2.05) is 25.3 Å². The summed E-state index contributed by atoms with van der Waals surface area (Å²) >= 11 is 0. The Kier molecular flexibility index (Phi) is 3.88. The molecule has 1 aromatic carbocycles. The topological polar surface area (TPSA) is 49.0 Å². The number of aromatic nitrogens is 2. The summed E-state index contributed by atoms with van der Waals surface area (Å²) in [6, 6.07) is 7.00. The zero-order valence-electron chi connectivity index (χ0n) is 13.7. The van der Waals surface area contributed by atoms with E-state index >= 15 is 0 Å². The van der Waals surface area contributed by atoms with Crippen molar-refractivity contribution in [1.29, 1.82) is 0 Å². The highest BCUT2D eigenvalue weighted by Crippen LogP contribution is 2.37. The van der Waals surface area contributed by atoms with Crippen LogP contribution < -0.4 is 0 Å². The summed E-state index contributed by atoms with van der Waals surface area (Å²) in [5, 5.41) is 9.78. The van der Waals surface area contributed by atoms with Crippen molar-refractivity contribution in [2.24, 2.45) is 0 Å². The molecular weight excluding hydrogens is 305 g/mol. The quantitative estimate of drug-likeness (QED) is 0.863. The standard InChI is InChI=1S/C19H21FN3O/c1-12-21-10-17-18(13-2-4-14(20)5-3-13)11-23(19(17)22-12)15-6-8-16(24)9-7-15/h2-5,10-11,15-16,18,24H,6-9H2,1H3/q+1. The van der Waals surface area contributed by atoms with Crippen molar-refractivity contribution < 1.29 is 14.1 Å². The second kappa shape index (κ2) is 6.06. The fourth-order valence-electron chi connectivity index (χ4n) is 3.77. The maximum absolute atomic E-state index is 13.3. The third-order valence-electron chi connectivity index (χ3n) is 5.09. The fraction of sp³-hybridized carbons (Fsp3) is 0.421. The average molecular weight is 326 g/mol. The highest BCUT2D eigenvalue weighted by atomic mass is 19.1. The third-order valence-corrected chi connectivity index (χ3v) is 5.09. The molecule has 0 spiro atoms. The molecule has 124 valence electrons. The van der Waals surface area contributed by atoms with Gasteiger partial charge in [0.1, 0.15) is 11.9 Å². The number of aryl methyl sites for hydroxylation is 1. The molecule has 1 atom stereocenters. The number of aliphatic hydroxyl groups excluding tert-OH is 1. The van der Waals surface area contributed by atoms with E-state index in [4.69, 9.17) is 0 Å². The number of hydrogen-bond acceptors (Lipinski definition) is 3. The number of benzene rings is 1. The molecule has 2 heterocycles. The largest absolute Gasteiger partial charge is 0.393 e. The van der Waals surface area contributed by atoms with Crippen molar-refractivity contribution in [2.45, 2.75) is 50.7 Å². The molecule has 4 nitrogen and oxygen atoms in total. The van der Waals surface area contributed by atoms with Crippen molar-refractivity contribution in [2.75, 3.05) is 0 Å². The van der Waals surface area contributed by atoms with Crippen LogP contribution in [0.5, 0.6) is 0 Å². The van der Waals surface area contributed by atoms with Crippen LogP contribution in [0.25, 0.3) is 0 Å². The summed E-state index contributed by atoms with van der Waals surface area (Å²) in [4.78, 5) is 9.03. The molecule has 4 rings (SSSR count). The number of halogens is 1. The molecule has 1 fully saturated rings. The smallest absolute Gasteiger partial charge is 0.331 e. The van der Waals surface area contributed by atoms with Crippen LogP contribution in [-0.4, -0.2) is 38.0 Å². The maximum atomic E-state index is 13.3. The van der Waals surface area contributed by atoms with Crippen molar-refractivity contribution in [3.63, 3.8) is 0 Å². The molecule has 1 aliphatic heterocycles. The summed E-state index contributed by atoms with van der Waals surface area (Å²) in [5.74, 6) is 1.53. The Bertz CT molecular complexity index is 780. The van der Waals surface area contributed by atoms with Gasteiger partial charge in [-0.25, -0.2) is 13.9 Å². The minimum absolute atomic E-state index is 0.0491. The van der Waals surface area contributed by atoms with Gasteiger partial charge in [0, 0.05) is 13.1 Å². The van der Waals surface area contributed by atoms with Gasteiger partial charge in [-0.15, -0.1) is 0 Å². The van der Waals surface area contributed by atoms with Gasteiger partial charge in [-0.05, 0) is 48.4 Å². The molecule has 2 aromatic rings. The van der Waals surface area contributed by atoms with Gasteiger partial charge in [0.15, 0.2) is 0 Å². The Morgan fingerprint density at radius 1 is 1.12 bits per heavy atom. The molecule has 1 aromatic heterocycles. The van der Waals surface area contributed by atoms with E-state index in [-0.39, 0.29) is 17.8 Å². The second-order valence-electron chi connectivity index (χ2n) is 6.74. The van der Waals surface area contributed by atoms with Gasteiger partial charge in [-0.1, -0.05) is 12.1 Å². The van der Waals surface area contributed by atoms with Gasteiger partial charge in [0.25, 0.3) is 0 Å². The second-order valence-corrected chi connectivity index (χ2v) is 6.74. The Balaban J connectivity index is 1.74. The average Bonchev–Trinajstić information content (AvgIpc) is 2.95. The highest BCUT2D eigenvalue weighted by molar-refractivity contribution is 5.76. The van der Waals surface area contributed by atoms with Crippen molar-refractivity contribution in [3.05, 3.63) is 53.2 Å². The van der Waals surface area contributed by atoms with Crippen molar-refractivity contribution in [1.82, 2.24) is 9.97 Å². The first-order chi connectivity index (χ1) is 11.6. The lowest BCUT2D eigenvalue weighted by atomic mass is 9.93. The van der Waals surface area contributed by atoms with Crippen molar-refractivity contribution in [3.8, 4) is 0 Å². The zero-order chi connectivity index (χ0) is 16.7. The lowest BCUT2D eigenvalue weighted by Crippen LogP contribution is -2.30. The summed E-state index contributed by atoms with van der Waals surface area (Å²) in [6.45, 7) is 1.90. The Labute approximate surface area is 140 Å². The Morgan fingerprint density at radius 2 is 1.83 bits per heavy atom. The van der Waals surface area contributed by atoms with E-state index < -0.39 is 0 Å². The minimum Gasteiger partial charge on any atom is -0.393 e. The van der Waals surface area contributed by atoms with Gasteiger partial charge < -0.3 is 5.11 Å². The predicted molar refractivity (Wildman–Crippen MR) is 89.3 cm³/mol. The molecule has 2 aliphatic rings. The summed E-state index contributed by atoms with van der Waals surface area (Å²) in [7, 11) is 0. The van der Waals surface area contributed by atoms with Crippen LogP contribution in [-0.2, 0) is 0 Å². The maximum Gasteiger partial charge on any atom is 0.331 e. The molecule has 0 radical (unpaired) electrons. The van der Waals surface area contributed by atoms with E-state index in [1.54, 1.807) is 0 Å². The molecule has 24 heavy (non-hydrogen) atoms. The van der Waals surface area contributed by atoms with E-state index in [1.165, 1.54) is 12.1 Å². The summed E-state index contributed by atoms with van der Waals surface area (Å²) < 4.78 is 15.5. The van der Waals surface area contributed by atoms with Crippen LogP contribution in [0, 0.1) is 12.7 Å². The number of rotatable bonds is 2. The van der Waals surface area contributed by atoms with Gasteiger partial charge in [0.2, 0.25) is 5.82 Å². The Morgan fingerprint density at radius 3 is 2.54 bits per heavy atom. The molecule has 1 N–H and O–H groups in total. The molecule has 1 unspecified atom stereocenters. The SMILES string of the molecule is Cc1ncc2c(n1)[N+](C1CCC(O)CC1)=CC2c1ccc(F)cc1. The minimum atomic E-state index is -0.227. The van der Waals surface area contributed by atoms with E-state index in [2.05, 4.69) is 20.8 Å². The monoisotopic (exact) mass is 326 g/mol. The van der Waals surface area contributed by atoms with Crippen molar-refractivity contribution >= 4 is 12.0 Å². The first-order valence-corrected chi connectivity index (χ1v) is 8.52. The number of aliphatic hydroxyl groups is 1. The van der Waals surface area contributed by atoms with Crippen LogP contribution in [0.3, 0.4) is 0 Å². The predicted octanol–water partition coefficient (Wildman–Crippen LogP) is 3.09. The van der Waals surface area contributed by atoms with Gasteiger partial charge in [0.05, 0.1) is 23.8 Å². The fourth-order valence-corrected chi connectivity index (χ4v) is 3.77. The summed E-state index contributed by atoms with van der Waals surface area (Å²) in [5.41, 5.74) is 2.11. The molecular formula is C19H21FN3O+. The third kappa shape index (κ3) is 2.73. The van der Waals surface area contributed by atoms with Crippen LogP contribution in [0.15, 0.2) is 30.5 Å². The van der Waals surface area contributed by atoms with Gasteiger partial charge >= 0.3 is 5.82 Å². The van der Waals surface area contributed by atoms with E-state index in [0.717, 1.165) is 48.5 Å². The van der Waals surface area contributed by atoms with Crippen LogP contribution in [0.2, 0.25) is 0 Å². The lowest BCUT2D eigenvalue weighted by molar-refractivity contribution is -0.487.